The summed E-state index contributed by atoms with van der Waals surface area (Å²) in [7, 11) is 3.43. The number of carbonyl (C=O) groups excluding carboxylic acids is 3. The maximum Gasteiger partial charge on any atom is 0.303 e. The zero-order valence-corrected chi connectivity index (χ0v) is 21.8. The molecule has 5 atom stereocenters. The Morgan fingerprint density at radius 2 is 1.86 bits per heavy atom. The van der Waals surface area contributed by atoms with E-state index >= 15 is 0 Å². The van der Waals surface area contributed by atoms with Crippen molar-refractivity contribution in [3.63, 3.8) is 0 Å². The molecule has 1 N–H and O–H groups in total. The summed E-state index contributed by atoms with van der Waals surface area (Å²) in [5, 5.41) is 3.20. The van der Waals surface area contributed by atoms with Gasteiger partial charge in [0.2, 0.25) is 5.78 Å². The van der Waals surface area contributed by atoms with Gasteiger partial charge in [-0.15, -0.1) is 0 Å². The second kappa shape index (κ2) is 9.29. The van der Waals surface area contributed by atoms with Crippen molar-refractivity contribution in [3.05, 3.63) is 52.6 Å². The van der Waals surface area contributed by atoms with Crippen LogP contribution in [-0.2, 0) is 23.9 Å². The number of fused-ring (bicyclic) bond motifs is 4. The molecule has 192 valence electrons. The Balaban J connectivity index is 1.68. The van der Waals surface area contributed by atoms with Crippen molar-refractivity contribution < 1.29 is 23.9 Å². The molecule has 0 aromatic heterocycles. The zero-order chi connectivity index (χ0) is 25.7. The number of hydrogen-bond donors (Lipinski definition) is 1. The molecule has 0 heterocycles. The van der Waals surface area contributed by atoms with E-state index in [0.29, 0.717) is 18.8 Å². The second-order valence-electron chi connectivity index (χ2n) is 11.2. The molecule has 0 bridgehead atoms. The monoisotopic (exact) mass is 491 g/mol. The molecule has 6 heteroatoms. The molecule has 0 amide bonds. The Labute approximate surface area is 213 Å². The number of methoxy groups -OCH3 is 1. The summed E-state index contributed by atoms with van der Waals surface area (Å²) >= 11 is 0. The lowest BCUT2D eigenvalue weighted by Crippen LogP contribution is -2.58. The molecule has 2 saturated carbocycles. The van der Waals surface area contributed by atoms with Crippen LogP contribution in [0.25, 0.3) is 0 Å². The number of esters is 1. The van der Waals surface area contributed by atoms with Crippen LogP contribution in [0.1, 0.15) is 70.3 Å². The van der Waals surface area contributed by atoms with Crippen LogP contribution in [-0.4, -0.2) is 43.9 Å². The summed E-state index contributed by atoms with van der Waals surface area (Å²) in [6, 6.07) is 8.54. The minimum atomic E-state index is -1.18. The molecule has 2 unspecified atom stereocenters. The summed E-state index contributed by atoms with van der Waals surface area (Å²) < 4.78 is 11.3. The maximum atomic E-state index is 13.6. The van der Waals surface area contributed by atoms with Crippen molar-refractivity contribution in [2.45, 2.75) is 70.3 Å². The highest BCUT2D eigenvalue weighted by Gasteiger charge is 2.68. The number of anilines is 1. The summed E-state index contributed by atoms with van der Waals surface area (Å²) in [6.07, 6.45) is 7.16. The normalized spacial score (nSPS) is 33.3. The third kappa shape index (κ3) is 3.76. The van der Waals surface area contributed by atoms with Crippen LogP contribution in [0.3, 0.4) is 0 Å². The number of ether oxygens (including phenoxy) is 2. The fraction of sp³-hybridized carbons (Fsp3) is 0.567. The van der Waals surface area contributed by atoms with Crippen molar-refractivity contribution in [2.24, 2.45) is 17.3 Å². The van der Waals surface area contributed by atoms with E-state index in [4.69, 9.17) is 9.47 Å². The molecule has 1 aromatic rings. The van der Waals surface area contributed by atoms with Crippen LogP contribution < -0.4 is 5.32 Å². The van der Waals surface area contributed by atoms with E-state index < -0.39 is 17.0 Å². The molecule has 36 heavy (non-hydrogen) atoms. The number of Topliss-reactive ketones (excluding diaryl/α,β-unsaturated/α-hetero) is 1. The van der Waals surface area contributed by atoms with E-state index in [-0.39, 0.29) is 30.0 Å². The fourth-order valence-corrected chi connectivity index (χ4v) is 8.00. The molecule has 1 aromatic carbocycles. The first-order valence-corrected chi connectivity index (χ1v) is 13.2. The number of nitrogens with one attached hydrogen (secondary N) is 1. The molecule has 0 aliphatic heterocycles. The van der Waals surface area contributed by atoms with E-state index in [1.807, 2.05) is 13.1 Å². The van der Waals surface area contributed by atoms with Gasteiger partial charge in [0, 0.05) is 44.5 Å². The maximum absolute atomic E-state index is 13.6. The first kappa shape index (κ1) is 24.9. The fourth-order valence-electron chi connectivity index (χ4n) is 8.00. The summed E-state index contributed by atoms with van der Waals surface area (Å²) in [4.78, 5) is 38.3. The van der Waals surface area contributed by atoms with Gasteiger partial charge < -0.3 is 14.8 Å². The number of hydrogen-bond acceptors (Lipinski definition) is 6. The quantitative estimate of drug-likeness (QED) is 0.555. The van der Waals surface area contributed by atoms with E-state index in [9.17, 15) is 14.4 Å². The molecule has 6 nitrogen and oxygen atoms in total. The van der Waals surface area contributed by atoms with Crippen molar-refractivity contribution in [3.8, 4) is 0 Å². The van der Waals surface area contributed by atoms with Gasteiger partial charge in [-0.25, -0.2) is 0 Å². The SMILES string of the molecule is CNc1ccc([C@H]2C[C@@]3(C)C(CC[C@]3(OC(C)=O)C(=O)COC)C3CCC4=CC(=O)CCC4=C32)cc1. The average Bonchev–Trinajstić information content (AvgIpc) is 3.15. The van der Waals surface area contributed by atoms with Gasteiger partial charge in [0.1, 0.15) is 6.61 Å². The van der Waals surface area contributed by atoms with Crippen molar-refractivity contribution in [1.82, 2.24) is 0 Å². The van der Waals surface area contributed by atoms with Gasteiger partial charge in [-0.05, 0) is 85.3 Å². The average molecular weight is 492 g/mol. The van der Waals surface area contributed by atoms with Crippen LogP contribution >= 0.6 is 0 Å². The smallest absolute Gasteiger partial charge is 0.303 e. The zero-order valence-electron chi connectivity index (χ0n) is 21.8. The molecule has 0 radical (unpaired) electrons. The van der Waals surface area contributed by atoms with Gasteiger partial charge in [-0.3, -0.25) is 14.4 Å². The van der Waals surface area contributed by atoms with Crippen LogP contribution in [0.2, 0.25) is 0 Å². The Kier molecular flexibility index (Phi) is 6.44. The summed E-state index contributed by atoms with van der Waals surface area (Å²) in [5.41, 5.74) is 4.59. The van der Waals surface area contributed by atoms with Crippen LogP contribution in [0.4, 0.5) is 5.69 Å². The molecular weight excluding hydrogens is 454 g/mol. The first-order chi connectivity index (χ1) is 17.2. The largest absolute Gasteiger partial charge is 0.451 e. The van der Waals surface area contributed by atoms with Crippen molar-refractivity contribution in [2.75, 3.05) is 26.1 Å². The van der Waals surface area contributed by atoms with Crippen molar-refractivity contribution >= 4 is 23.2 Å². The molecule has 2 fully saturated rings. The third-order valence-corrected chi connectivity index (χ3v) is 9.50. The van der Waals surface area contributed by atoms with E-state index in [2.05, 4.69) is 36.5 Å². The minimum absolute atomic E-state index is 0.0647. The highest BCUT2D eigenvalue weighted by atomic mass is 16.6. The molecule has 0 saturated heterocycles. The standard InChI is InChI=1S/C30H37NO5/c1-18(32)36-30(27(34)17-35-4)14-13-26-24-11-7-20-15-22(33)10-12-23(20)28(24)25(16-29(26,30)2)19-5-8-21(31-3)9-6-19/h5-6,8-9,15,24-26,31H,7,10-14,16-17H2,1-4H3/t24?,25-,26?,29+,30+/m1/s1. The predicted molar refractivity (Wildman–Crippen MR) is 138 cm³/mol. The van der Waals surface area contributed by atoms with Crippen LogP contribution in [0.5, 0.6) is 0 Å². The van der Waals surface area contributed by atoms with Gasteiger partial charge in [-0.1, -0.05) is 24.6 Å². The van der Waals surface area contributed by atoms with Gasteiger partial charge in [0.15, 0.2) is 11.4 Å². The van der Waals surface area contributed by atoms with E-state index in [1.165, 1.54) is 36.3 Å². The van der Waals surface area contributed by atoms with Crippen molar-refractivity contribution in [1.29, 1.82) is 0 Å². The van der Waals surface area contributed by atoms with E-state index in [1.54, 1.807) is 0 Å². The van der Waals surface area contributed by atoms with Crippen LogP contribution in [0, 0.1) is 17.3 Å². The lowest BCUT2D eigenvalue weighted by Gasteiger charge is -2.55. The highest BCUT2D eigenvalue weighted by Crippen LogP contribution is 2.67. The minimum Gasteiger partial charge on any atom is -0.451 e. The van der Waals surface area contributed by atoms with Gasteiger partial charge >= 0.3 is 5.97 Å². The topological polar surface area (TPSA) is 81.7 Å². The number of ketones is 2. The molecule has 4 aliphatic carbocycles. The third-order valence-electron chi connectivity index (χ3n) is 9.50. The molecule has 5 rings (SSSR count). The number of benzene rings is 1. The van der Waals surface area contributed by atoms with Gasteiger partial charge in [-0.2, -0.15) is 0 Å². The summed E-state index contributed by atoms with van der Waals surface area (Å²) in [6.45, 7) is 3.51. The Morgan fingerprint density at radius 3 is 2.53 bits per heavy atom. The Morgan fingerprint density at radius 1 is 1.11 bits per heavy atom. The lowest BCUT2D eigenvalue weighted by molar-refractivity contribution is -0.185. The predicted octanol–water partition coefficient (Wildman–Crippen LogP) is 5.15. The number of rotatable bonds is 6. The first-order valence-electron chi connectivity index (χ1n) is 13.2. The Bertz CT molecular complexity index is 1150. The highest BCUT2D eigenvalue weighted by molar-refractivity contribution is 5.93. The second-order valence-corrected chi connectivity index (χ2v) is 11.2. The number of allylic oxidation sites excluding steroid dienone is 4. The molecule has 0 spiro atoms. The molecule has 4 aliphatic rings. The summed E-state index contributed by atoms with van der Waals surface area (Å²) in [5.74, 6) is 0.295. The number of carbonyl (C=O) groups is 3. The van der Waals surface area contributed by atoms with Gasteiger partial charge in [0.25, 0.3) is 0 Å². The Hall–Kier alpha value is -2.73. The van der Waals surface area contributed by atoms with Gasteiger partial charge in [0.05, 0.1) is 0 Å². The lowest BCUT2D eigenvalue weighted by atomic mass is 9.50. The van der Waals surface area contributed by atoms with E-state index in [0.717, 1.165) is 37.8 Å². The molecular formula is C30H37NO5. The van der Waals surface area contributed by atoms with Crippen LogP contribution in [0.15, 0.2) is 47.1 Å².